The molecule has 0 aromatic carbocycles. The maximum absolute atomic E-state index is 11.8. The maximum atomic E-state index is 11.8. The predicted molar refractivity (Wildman–Crippen MR) is 65.8 cm³/mol. The van der Waals surface area contributed by atoms with Gasteiger partial charge in [-0.25, -0.2) is 4.79 Å². The molecule has 0 saturated heterocycles. The second-order valence-electron chi connectivity index (χ2n) is 4.79. The van der Waals surface area contributed by atoms with Gasteiger partial charge in [-0.05, 0) is 27.7 Å². The highest BCUT2D eigenvalue weighted by Gasteiger charge is 2.34. The molecule has 0 aromatic rings. The highest BCUT2D eigenvalue weighted by atomic mass is 35.5. The summed E-state index contributed by atoms with van der Waals surface area (Å²) in [7, 11) is 0. The van der Waals surface area contributed by atoms with Crippen LogP contribution in [-0.2, 0) is 0 Å². The van der Waals surface area contributed by atoms with E-state index in [1.807, 2.05) is 0 Å². The Morgan fingerprint density at radius 1 is 1.25 bits per heavy atom. The van der Waals surface area contributed by atoms with Crippen molar-refractivity contribution in [1.82, 2.24) is 10.3 Å². The van der Waals surface area contributed by atoms with Crippen LogP contribution in [0.5, 0.6) is 0 Å². The highest BCUT2D eigenvalue weighted by Crippen LogP contribution is 2.18. The minimum Gasteiger partial charge on any atom is -0.330 e. The number of hydrogen-bond donors (Lipinski definition) is 1. The third kappa shape index (κ3) is 4.14. The molecule has 0 aliphatic heterocycles. The molecule has 0 saturated carbocycles. The lowest BCUT2D eigenvalue weighted by molar-refractivity contribution is 0.142. The van der Waals surface area contributed by atoms with E-state index in [2.05, 4.69) is 10.6 Å². The second-order valence-corrected chi connectivity index (χ2v) is 5.32. The van der Waals surface area contributed by atoms with Crippen LogP contribution in [0.25, 0.3) is 0 Å². The minimum absolute atomic E-state index is 0.105. The van der Waals surface area contributed by atoms with Crippen molar-refractivity contribution in [1.29, 1.82) is 0 Å². The predicted octanol–water partition coefficient (Wildman–Crippen LogP) is 2.71. The first-order chi connectivity index (χ1) is 7.20. The Balaban J connectivity index is 4.75. The van der Waals surface area contributed by atoms with Crippen LogP contribution in [0.3, 0.4) is 0 Å². The third-order valence-corrected chi connectivity index (χ3v) is 3.28. The zero-order chi connectivity index (χ0) is 13.0. The van der Waals surface area contributed by atoms with Gasteiger partial charge in [0.1, 0.15) is 0 Å². The molecule has 0 rings (SSSR count). The monoisotopic (exact) mass is 269 g/mol. The summed E-state index contributed by atoms with van der Waals surface area (Å²) < 4.78 is 0. The number of halogens is 2. The van der Waals surface area contributed by atoms with E-state index < -0.39 is 17.1 Å². The molecular formula is C9H17Cl2N3O2. The molecule has 0 bridgehead atoms. The van der Waals surface area contributed by atoms with Crippen LogP contribution < -0.4 is 5.32 Å². The molecule has 0 spiro atoms. The first-order valence-electron chi connectivity index (χ1n) is 4.78. The topological polar surface area (TPSA) is 61.8 Å². The lowest BCUT2D eigenvalue weighted by atomic mass is 10.1. The Hall–Kier alpha value is -0.550. The maximum Gasteiger partial charge on any atom is 0.341 e. The normalized spacial score (nSPS) is 12.1. The van der Waals surface area contributed by atoms with E-state index >= 15 is 0 Å². The summed E-state index contributed by atoms with van der Waals surface area (Å²) in [6, 6.07) is -0.605. The van der Waals surface area contributed by atoms with E-state index in [9.17, 15) is 9.70 Å². The van der Waals surface area contributed by atoms with Gasteiger partial charge in [0.25, 0.3) is 0 Å². The zero-order valence-corrected chi connectivity index (χ0v) is 11.4. The number of carbonyl (C=O) groups is 1. The molecule has 1 N–H and O–H groups in total. The number of rotatable bonds is 5. The average molecular weight is 270 g/mol. The molecule has 0 radical (unpaired) electrons. The number of amides is 2. The van der Waals surface area contributed by atoms with Gasteiger partial charge in [-0.15, -0.1) is 28.1 Å². The molecule has 2 amide bonds. The van der Waals surface area contributed by atoms with Gasteiger partial charge >= 0.3 is 6.03 Å². The van der Waals surface area contributed by atoms with Crippen molar-refractivity contribution < 1.29 is 4.79 Å². The Morgan fingerprint density at radius 2 is 1.75 bits per heavy atom. The van der Waals surface area contributed by atoms with Gasteiger partial charge in [-0.1, -0.05) is 0 Å². The van der Waals surface area contributed by atoms with Crippen LogP contribution in [0.1, 0.15) is 27.7 Å². The fourth-order valence-electron chi connectivity index (χ4n) is 0.855. The lowest BCUT2D eigenvalue weighted by Crippen LogP contribution is -2.55. The molecule has 16 heavy (non-hydrogen) atoms. The Kier molecular flexibility index (Phi) is 5.49. The second kappa shape index (κ2) is 5.68. The first kappa shape index (κ1) is 15.4. The number of nitroso groups, excluding NO2 is 1. The molecule has 7 heteroatoms. The van der Waals surface area contributed by atoms with Crippen LogP contribution in [0.2, 0.25) is 0 Å². The van der Waals surface area contributed by atoms with Gasteiger partial charge in [0.2, 0.25) is 0 Å². The van der Waals surface area contributed by atoms with Crippen molar-refractivity contribution in [2.45, 2.75) is 38.8 Å². The van der Waals surface area contributed by atoms with E-state index in [0.29, 0.717) is 0 Å². The van der Waals surface area contributed by atoms with E-state index in [-0.39, 0.29) is 11.8 Å². The van der Waals surface area contributed by atoms with Crippen LogP contribution in [0.4, 0.5) is 4.79 Å². The van der Waals surface area contributed by atoms with E-state index in [1.165, 1.54) is 0 Å². The van der Waals surface area contributed by atoms with Gasteiger partial charge in [-0.2, -0.15) is 5.01 Å². The van der Waals surface area contributed by atoms with E-state index in [1.54, 1.807) is 27.7 Å². The van der Waals surface area contributed by atoms with Crippen LogP contribution in [-0.4, -0.2) is 33.9 Å². The zero-order valence-electron chi connectivity index (χ0n) is 9.88. The molecule has 0 heterocycles. The largest absolute Gasteiger partial charge is 0.341 e. The molecule has 0 fully saturated rings. The lowest BCUT2D eigenvalue weighted by Gasteiger charge is -2.33. The molecule has 94 valence electrons. The Labute approximate surface area is 105 Å². The standard InChI is InChI=1S/C9H17Cl2N3O2/c1-8(2,5-10)12-7(15)14(13-16)9(3,4)6-11/h5-6H2,1-4H3,(H,12,15). The summed E-state index contributed by atoms with van der Waals surface area (Å²) in [5, 5.41) is 6.08. The van der Waals surface area contributed by atoms with Gasteiger partial charge in [0, 0.05) is 17.3 Å². The van der Waals surface area contributed by atoms with Gasteiger partial charge < -0.3 is 5.32 Å². The van der Waals surface area contributed by atoms with Gasteiger partial charge in [0.15, 0.2) is 0 Å². The number of nitrogens with one attached hydrogen (secondary N) is 1. The van der Waals surface area contributed by atoms with Crippen LogP contribution in [0.15, 0.2) is 5.29 Å². The number of carbonyl (C=O) groups excluding carboxylic acids is 1. The minimum atomic E-state index is -0.838. The van der Waals surface area contributed by atoms with Crippen molar-refractivity contribution in [2.24, 2.45) is 5.29 Å². The van der Waals surface area contributed by atoms with Crippen molar-refractivity contribution in [3.05, 3.63) is 4.91 Å². The third-order valence-electron chi connectivity index (χ3n) is 1.95. The summed E-state index contributed by atoms with van der Waals surface area (Å²) in [5.41, 5.74) is -1.44. The summed E-state index contributed by atoms with van der Waals surface area (Å²) >= 11 is 11.3. The fourth-order valence-corrected chi connectivity index (χ4v) is 1.03. The fraction of sp³-hybridized carbons (Fsp3) is 0.889. The quantitative estimate of drug-likeness (QED) is 0.474. The number of nitrogens with zero attached hydrogens (tertiary/aromatic N) is 2. The number of hydrogen-bond acceptors (Lipinski definition) is 3. The smallest absolute Gasteiger partial charge is 0.330 e. The summed E-state index contributed by atoms with van der Waals surface area (Å²) in [4.78, 5) is 22.4. The molecule has 0 atom stereocenters. The summed E-state index contributed by atoms with van der Waals surface area (Å²) in [6.45, 7) is 6.78. The molecule has 5 nitrogen and oxygen atoms in total. The van der Waals surface area contributed by atoms with Crippen LogP contribution in [0, 0.1) is 4.91 Å². The Morgan fingerprint density at radius 3 is 2.06 bits per heavy atom. The van der Waals surface area contributed by atoms with Crippen molar-refractivity contribution in [3.8, 4) is 0 Å². The highest BCUT2D eigenvalue weighted by molar-refractivity contribution is 6.19. The van der Waals surface area contributed by atoms with Crippen molar-refractivity contribution in [3.63, 3.8) is 0 Å². The molecule has 0 unspecified atom stereocenters. The molecule has 0 aromatic heterocycles. The van der Waals surface area contributed by atoms with Crippen molar-refractivity contribution >= 4 is 29.2 Å². The first-order valence-corrected chi connectivity index (χ1v) is 5.84. The van der Waals surface area contributed by atoms with E-state index in [0.717, 1.165) is 5.01 Å². The Bertz CT molecular complexity index is 269. The summed E-state index contributed by atoms with van der Waals surface area (Å²) in [6.07, 6.45) is 0. The molecule has 0 aliphatic carbocycles. The van der Waals surface area contributed by atoms with E-state index in [4.69, 9.17) is 23.2 Å². The summed E-state index contributed by atoms with van der Waals surface area (Å²) in [5.74, 6) is 0.334. The van der Waals surface area contributed by atoms with Crippen molar-refractivity contribution in [2.75, 3.05) is 11.8 Å². The molecular weight excluding hydrogens is 253 g/mol. The molecule has 0 aliphatic rings. The van der Waals surface area contributed by atoms with Gasteiger partial charge in [0.05, 0.1) is 10.8 Å². The SMILES string of the molecule is CC(C)(CCl)NC(=O)N(N=O)C(C)(C)CCl. The van der Waals surface area contributed by atoms with Crippen LogP contribution >= 0.6 is 23.2 Å². The number of urea groups is 1. The number of alkyl halides is 2. The average Bonchev–Trinajstić information content (AvgIpc) is 2.17. The van der Waals surface area contributed by atoms with Gasteiger partial charge in [-0.3, -0.25) is 0 Å².